The molecule has 0 saturated carbocycles. The molecule has 1 aromatic heterocycles. The zero-order chi connectivity index (χ0) is 34.2. The third-order valence-corrected chi connectivity index (χ3v) is 7.19. The van der Waals surface area contributed by atoms with Gasteiger partial charge in [0.05, 0.1) is 12.2 Å². The largest absolute Gasteiger partial charge is 0.481 e. The Balaban J connectivity index is 2.10. The SMILES string of the molecule is O=C(O)CC[C@H](NC(=O)NC(CCCCNC(=O)CCCCCCCCCCN(CC(=O)O)Cc1ccccn1)C(=O)O)C(=O)O. The van der Waals surface area contributed by atoms with Crippen LogP contribution in [0, 0.1) is 0 Å². The lowest BCUT2D eigenvalue weighted by Gasteiger charge is -2.19. The van der Waals surface area contributed by atoms with Gasteiger partial charge in [0.15, 0.2) is 0 Å². The topological polar surface area (TPSA) is 236 Å². The molecule has 0 fully saturated rings. The van der Waals surface area contributed by atoms with Gasteiger partial charge in [0, 0.05) is 32.1 Å². The summed E-state index contributed by atoms with van der Waals surface area (Å²) >= 11 is 0. The maximum absolute atomic E-state index is 12.1. The zero-order valence-electron chi connectivity index (χ0n) is 26.3. The molecule has 0 spiro atoms. The van der Waals surface area contributed by atoms with E-state index in [1.807, 2.05) is 23.1 Å². The predicted molar refractivity (Wildman–Crippen MR) is 167 cm³/mol. The summed E-state index contributed by atoms with van der Waals surface area (Å²) < 4.78 is 0. The highest BCUT2D eigenvalue weighted by atomic mass is 16.4. The van der Waals surface area contributed by atoms with Crippen molar-refractivity contribution in [2.75, 3.05) is 19.6 Å². The summed E-state index contributed by atoms with van der Waals surface area (Å²) in [7, 11) is 0. The zero-order valence-corrected chi connectivity index (χ0v) is 26.3. The summed E-state index contributed by atoms with van der Waals surface area (Å²) in [5, 5.41) is 43.4. The molecule has 7 N–H and O–H groups in total. The summed E-state index contributed by atoms with van der Waals surface area (Å²) in [6.45, 7) is 1.57. The van der Waals surface area contributed by atoms with E-state index in [9.17, 15) is 39.0 Å². The van der Waals surface area contributed by atoms with Crippen molar-refractivity contribution in [3.05, 3.63) is 30.1 Å². The molecule has 1 rings (SSSR count). The Labute approximate surface area is 269 Å². The molecule has 1 unspecified atom stereocenters. The molecule has 0 aliphatic heterocycles. The Morgan fingerprint density at radius 1 is 0.696 bits per heavy atom. The summed E-state index contributed by atoms with van der Waals surface area (Å²) in [5.74, 6) is -4.87. The Hall–Kier alpha value is -4.27. The molecule has 15 heteroatoms. The van der Waals surface area contributed by atoms with Gasteiger partial charge in [-0.2, -0.15) is 0 Å². The number of nitrogens with zero attached hydrogens (tertiary/aromatic N) is 2. The highest BCUT2D eigenvalue weighted by Crippen LogP contribution is 2.11. The summed E-state index contributed by atoms with van der Waals surface area (Å²) in [6.07, 6.45) is 10.2. The second-order valence-corrected chi connectivity index (χ2v) is 11.2. The number of carboxylic acids is 4. The van der Waals surface area contributed by atoms with Crippen LogP contribution in [-0.4, -0.2) is 97.8 Å². The minimum absolute atomic E-state index is 0.00920. The summed E-state index contributed by atoms with van der Waals surface area (Å²) in [5.41, 5.74) is 0.853. The number of carboxylic acid groups (broad SMARTS) is 4. The maximum atomic E-state index is 12.1. The van der Waals surface area contributed by atoms with Crippen LogP contribution in [0.3, 0.4) is 0 Å². The van der Waals surface area contributed by atoms with Crippen LogP contribution in [0.1, 0.15) is 95.6 Å². The van der Waals surface area contributed by atoms with Crippen molar-refractivity contribution in [2.45, 2.75) is 109 Å². The number of rotatable bonds is 27. The van der Waals surface area contributed by atoms with Crippen LogP contribution >= 0.6 is 0 Å². The lowest BCUT2D eigenvalue weighted by atomic mass is 10.1. The highest BCUT2D eigenvalue weighted by Gasteiger charge is 2.24. The standard InChI is InChI=1S/C31H49N5O10/c37-26(33-19-11-9-14-24(29(42)43)34-31(46)35-25(30(44)45)16-17-27(38)39)15-7-5-3-1-2-4-6-12-20-36(22-28(40)41)21-23-13-8-10-18-32-23/h8,10,13,18,24-25H,1-7,9,11-12,14-17,19-22H2,(H,33,37)(H,38,39)(H,40,41)(H,42,43)(H,44,45)(H2,34,35,46)/t24?,25-/m0/s1. The van der Waals surface area contributed by atoms with E-state index in [-0.39, 0.29) is 25.3 Å². The number of aliphatic carboxylic acids is 4. The van der Waals surface area contributed by atoms with Crippen LogP contribution in [0.2, 0.25) is 0 Å². The van der Waals surface area contributed by atoms with Crippen LogP contribution in [0.4, 0.5) is 4.79 Å². The van der Waals surface area contributed by atoms with Crippen LogP contribution in [0.25, 0.3) is 0 Å². The van der Waals surface area contributed by atoms with E-state index in [4.69, 9.17) is 10.2 Å². The molecule has 0 saturated heterocycles. The fourth-order valence-corrected chi connectivity index (χ4v) is 4.74. The van der Waals surface area contributed by atoms with Crippen LogP contribution < -0.4 is 16.0 Å². The number of carbonyl (C=O) groups excluding carboxylic acids is 2. The lowest BCUT2D eigenvalue weighted by molar-refractivity contribution is -0.141. The second kappa shape index (κ2) is 24.0. The van der Waals surface area contributed by atoms with Crippen molar-refractivity contribution < 1.29 is 49.2 Å². The molecule has 0 aliphatic rings. The number of hydrogen-bond donors (Lipinski definition) is 7. The van der Waals surface area contributed by atoms with Crippen molar-refractivity contribution in [2.24, 2.45) is 0 Å². The van der Waals surface area contributed by atoms with E-state index >= 15 is 0 Å². The molecule has 3 amide bonds. The lowest BCUT2D eigenvalue weighted by Crippen LogP contribution is -2.51. The molecule has 0 bridgehead atoms. The molecule has 1 heterocycles. The van der Waals surface area contributed by atoms with Gasteiger partial charge in [-0.25, -0.2) is 14.4 Å². The molecule has 0 radical (unpaired) electrons. The molecular weight excluding hydrogens is 602 g/mol. The quantitative estimate of drug-likeness (QED) is 0.0680. The summed E-state index contributed by atoms with van der Waals surface area (Å²) in [4.78, 5) is 74.8. The molecular formula is C31H49N5O10. The number of aromatic nitrogens is 1. The van der Waals surface area contributed by atoms with E-state index in [2.05, 4.69) is 20.9 Å². The number of carbonyl (C=O) groups is 6. The number of unbranched alkanes of at least 4 members (excludes halogenated alkanes) is 8. The maximum Gasteiger partial charge on any atom is 0.326 e. The number of urea groups is 1. The van der Waals surface area contributed by atoms with Gasteiger partial charge >= 0.3 is 29.9 Å². The number of nitrogens with one attached hydrogen (secondary N) is 3. The third kappa shape index (κ3) is 20.6. The average Bonchev–Trinajstić information content (AvgIpc) is 2.99. The minimum atomic E-state index is -1.47. The fourth-order valence-electron chi connectivity index (χ4n) is 4.74. The van der Waals surface area contributed by atoms with Crippen molar-refractivity contribution >= 4 is 35.8 Å². The van der Waals surface area contributed by atoms with Crippen molar-refractivity contribution in [1.82, 2.24) is 25.8 Å². The highest BCUT2D eigenvalue weighted by molar-refractivity contribution is 5.86. The van der Waals surface area contributed by atoms with Gasteiger partial charge in [-0.3, -0.25) is 24.3 Å². The number of hydrogen-bond acceptors (Lipinski definition) is 8. The van der Waals surface area contributed by atoms with Crippen molar-refractivity contribution in [3.63, 3.8) is 0 Å². The molecule has 0 aromatic carbocycles. The molecule has 2 atom stereocenters. The Morgan fingerprint density at radius 3 is 1.87 bits per heavy atom. The first-order valence-corrected chi connectivity index (χ1v) is 15.8. The fraction of sp³-hybridized carbons (Fsp3) is 0.645. The number of amides is 3. The Kier molecular flexibility index (Phi) is 20.8. The Bertz CT molecular complexity index is 1090. The number of pyridine rings is 1. The van der Waals surface area contributed by atoms with Gasteiger partial charge in [0.2, 0.25) is 5.91 Å². The van der Waals surface area contributed by atoms with Gasteiger partial charge < -0.3 is 36.4 Å². The van der Waals surface area contributed by atoms with E-state index < -0.39 is 48.4 Å². The first-order valence-electron chi connectivity index (χ1n) is 15.8. The van der Waals surface area contributed by atoms with Gasteiger partial charge in [-0.1, -0.05) is 44.6 Å². The van der Waals surface area contributed by atoms with Gasteiger partial charge in [-0.05, 0) is 57.2 Å². The second-order valence-electron chi connectivity index (χ2n) is 11.2. The van der Waals surface area contributed by atoms with Gasteiger partial charge in [0.1, 0.15) is 12.1 Å². The third-order valence-electron chi connectivity index (χ3n) is 7.19. The molecule has 1 aromatic rings. The van der Waals surface area contributed by atoms with E-state index in [0.717, 1.165) is 57.1 Å². The summed E-state index contributed by atoms with van der Waals surface area (Å²) in [6, 6.07) is 1.86. The van der Waals surface area contributed by atoms with Crippen LogP contribution in [-0.2, 0) is 30.5 Å². The Morgan fingerprint density at radius 2 is 1.30 bits per heavy atom. The normalized spacial score (nSPS) is 12.2. The predicted octanol–water partition coefficient (Wildman–Crippen LogP) is 2.84. The van der Waals surface area contributed by atoms with Crippen molar-refractivity contribution in [3.8, 4) is 0 Å². The van der Waals surface area contributed by atoms with Gasteiger partial charge in [-0.15, -0.1) is 0 Å². The minimum Gasteiger partial charge on any atom is -0.481 e. The van der Waals surface area contributed by atoms with E-state index in [1.165, 1.54) is 0 Å². The average molecular weight is 652 g/mol. The van der Waals surface area contributed by atoms with Gasteiger partial charge in [0.25, 0.3) is 0 Å². The first-order chi connectivity index (χ1) is 22.0. The first kappa shape index (κ1) is 39.8. The molecule has 0 aliphatic carbocycles. The monoisotopic (exact) mass is 651 g/mol. The van der Waals surface area contributed by atoms with E-state index in [0.29, 0.717) is 38.9 Å². The molecule has 46 heavy (non-hydrogen) atoms. The van der Waals surface area contributed by atoms with Crippen LogP contribution in [0.15, 0.2) is 24.4 Å². The van der Waals surface area contributed by atoms with Crippen molar-refractivity contribution in [1.29, 1.82) is 0 Å². The smallest absolute Gasteiger partial charge is 0.326 e. The van der Waals surface area contributed by atoms with E-state index in [1.54, 1.807) is 6.20 Å². The molecule has 15 nitrogen and oxygen atoms in total. The molecule has 258 valence electrons. The van der Waals surface area contributed by atoms with Crippen LogP contribution in [0.5, 0.6) is 0 Å².